The van der Waals surface area contributed by atoms with Crippen molar-refractivity contribution in [3.63, 3.8) is 0 Å². The molecule has 3 heterocycles. The van der Waals surface area contributed by atoms with Gasteiger partial charge in [0, 0.05) is 12.1 Å². The molecule has 2 unspecified atom stereocenters. The van der Waals surface area contributed by atoms with Crippen LogP contribution in [0.1, 0.15) is 35.9 Å². The third kappa shape index (κ3) is 2.86. The molecule has 1 aliphatic rings. The van der Waals surface area contributed by atoms with E-state index in [9.17, 15) is 9.59 Å². The third-order valence-corrected chi connectivity index (χ3v) is 3.98. The highest BCUT2D eigenvalue weighted by molar-refractivity contribution is 6.06. The number of aromatic amines is 1. The largest absolute Gasteiger partial charge is 0.442 e. The van der Waals surface area contributed by atoms with Gasteiger partial charge < -0.3 is 20.0 Å². The average molecular weight is 327 g/mol. The van der Waals surface area contributed by atoms with Crippen LogP contribution in [0.5, 0.6) is 0 Å². The molecule has 3 N–H and O–H groups in total. The van der Waals surface area contributed by atoms with Gasteiger partial charge in [-0.15, -0.1) is 12.4 Å². The molecule has 0 aromatic carbocycles. The van der Waals surface area contributed by atoms with Gasteiger partial charge in [-0.25, -0.2) is 4.98 Å². The molecule has 2 aromatic rings. The second-order valence-corrected chi connectivity index (χ2v) is 5.41. The van der Waals surface area contributed by atoms with Gasteiger partial charge in [0.05, 0.1) is 11.9 Å². The number of fused-ring (bicyclic) bond motifs is 1. The zero-order chi connectivity index (χ0) is 15.0. The van der Waals surface area contributed by atoms with Crippen molar-refractivity contribution in [2.24, 2.45) is 0 Å². The molecule has 0 aliphatic carbocycles. The summed E-state index contributed by atoms with van der Waals surface area (Å²) in [7, 11) is 0. The van der Waals surface area contributed by atoms with Gasteiger partial charge in [0.15, 0.2) is 0 Å². The lowest BCUT2D eigenvalue weighted by Gasteiger charge is -2.30. The van der Waals surface area contributed by atoms with E-state index in [-0.39, 0.29) is 52.6 Å². The highest BCUT2D eigenvalue weighted by Gasteiger charge is 2.27. The molecule has 0 bridgehead atoms. The van der Waals surface area contributed by atoms with Crippen LogP contribution in [0.15, 0.2) is 15.5 Å². The van der Waals surface area contributed by atoms with E-state index < -0.39 is 0 Å². The summed E-state index contributed by atoms with van der Waals surface area (Å²) in [5, 5.41) is 6.53. The molecule has 0 saturated carbocycles. The lowest BCUT2D eigenvalue weighted by molar-refractivity contribution is 0.0919. The van der Waals surface area contributed by atoms with Crippen LogP contribution in [0.3, 0.4) is 0 Å². The quantitative estimate of drug-likeness (QED) is 0.768. The first kappa shape index (κ1) is 16.5. The van der Waals surface area contributed by atoms with Crippen LogP contribution in [0.2, 0.25) is 0 Å². The maximum absolute atomic E-state index is 12.5. The third-order valence-electron chi connectivity index (χ3n) is 3.98. The van der Waals surface area contributed by atoms with Gasteiger partial charge in [-0.2, -0.15) is 0 Å². The zero-order valence-electron chi connectivity index (χ0n) is 12.4. The molecule has 1 amide bonds. The second kappa shape index (κ2) is 6.50. The number of carbonyl (C=O) groups excluding carboxylic acids is 1. The van der Waals surface area contributed by atoms with Gasteiger partial charge in [-0.1, -0.05) is 0 Å². The summed E-state index contributed by atoms with van der Waals surface area (Å²) in [6.07, 6.45) is 3.20. The van der Waals surface area contributed by atoms with Gasteiger partial charge >= 0.3 is 0 Å². The minimum Gasteiger partial charge on any atom is -0.442 e. The number of amides is 1. The molecule has 0 radical (unpaired) electrons. The Labute approximate surface area is 133 Å². The van der Waals surface area contributed by atoms with Crippen molar-refractivity contribution in [2.75, 3.05) is 6.54 Å². The van der Waals surface area contributed by atoms with Crippen molar-refractivity contribution in [3.05, 3.63) is 28.0 Å². The summed E-state index contributed by atoms with van der Waals surface area (Å²) < 4.78 is 5.41. The molecule has 8 heteroatoms. The number of nitrogens with one attached hydrogen (secondary N) is 3. The van der Waals surface area contributed by atoms with E-state index in [2.05, 4.69) is 20.6 Å². The first-order chi connectivity index (χ1) is 10.1. The number of hydrogen-bond donors (Lipinski definition) is 3. The number of hydrogen-bond acceptors (Lipinski definition) is 5. The number of nitrogens with zero attached hydrogens (tertiary/aromatic N) is 1. The Hall–Kier alpha value is -1.86. The van der Waals surface area contributed by atoms with Crippen molar-refractivity contribution < 1.29 is 9.21 Å². The fourth-order valence-corrected chi connectivity index (χ4v) is 2.81. The number of aromatic nitrogens is 2. The topological polar surface area (TPSA) is 100 Å². The minimum absolute atomic E-state index is 0. The van der Waals surface area contributed by atoms with Crippen LogP contribution >= 0.6 is 12.4 Å². The Morgan fingerprint density at radius 3 is 3.00 bits per heavy atom. The number of carbonyl (C=O) groups is 1. The van der Waals surface area contributed by atoms with Crippen LogP contribution in [-0.2, 0) is 0 Å². The summed E-state index contributed by atoms with van der Waals surface area (Å²) in [6, 6.07) is 0.254. The van der Waals surface area contributed by atoms with E-state index in [0.717, 1.165) is 19.4 Å². The number of aryl methyl sites for hydroxylation is 1. The average Bonchev–Trinajstić information content (AvgIpc) is 2.79. The molecule has 22 heavy (non-hydrogen) atoms. The van der Waals surface area contributed by atoms with Gasteiger partial charge in [0.2, 0.25) is 5.71 Å². The highest BCUT2D eigenvalue weighted by atomic mass is 35.5. The normalized spacial score (nSPS) is 21.4. The Bertz CT molecular complexity index is 739. The zero-order valence-corrected chi connectivity index (χ0v) is 13.3. The summed E-state index contributed by atoms with van der Waals surface area (Å²) >= 11 is 0. The van der Waals surface area contributed by atoms with E-state index in [1.807, 2.05) is 6.92 Å². The van der Waals surface area contributed by atoms with E-state index in [4.69, 9.17) is 4.42 Å². The Morgan fingerprint density at radius 1 is 1.50 bits per heavy atom. The second-order valence-electron chi connectivity index (χ2n) is 5.41. The molecule has 1 saturated heterocycles. The predicted molar refractivity (Wildman–Crippen MR) is 84.6 cm³/mol. The SMILES string of the molecule is Cc1oc2nc[nH]c(=O)c2c1C(=O)NC1CCCNC1C.Cl. The smallest absolute Gasteiger partial charge is 0.262 e. The van der Waals surface area contributed by atoms with Crippen LogP contribution in [0.4, 0.5) is 0 Å². The van der Waals surface area contributed by atoms with E-state index in [1.165, 1.54) is 6.33 Å². The fraction of sp³-hybridized carbons (Fsp3) is 0.500. The van der Waals surface area contributed by atoms with Crippen molar-refractivity contribution in [1.82, 2.24) is 20.6 Å². The monoisotopic (exact) mass is 326 g/mol. The molecule has 1 fully saturated rings. The summed E-state index contributed by atoms with van der Waals surface area (Å²) in [5.74, 6) is 0.119. The standard InChI is InChI=1S/C14H18N4O3.ClH/c1-7-9(4-3-5-15-7)18-13(20)10-8(2)21-14-11(10)12(19)16-6-17-14;/h6-7,9,15H,3-5H2,1-2H3,(H,18,20)(H,16,17,19);1H. The first-order valence-electron chi connectivity index (χ1n) is 7.09. The molecular formula is C14H19ClN4O3. The van der Waals surface area contributed by atoms with Gasteiger partial charge in [-0.05, 0) is 33.2 Å². The lowest BCUT2D eigenvalue weighted by Crippen LogP contribution is -2.52. The van der Waals surface area contributed by atoms with Crippen molar-refractivity contribution in [1.29, 1.82) is 0 Å². The predicted octanol–water partition coefficient (Wildman–Crippen LogP) is 1.12. The number of rotatable bonds is 2. The molecule has 0 spiro atoms. The van der Waals surface area contributed by atoms with E-state index in [1.54, 1.807) is 6.92 Å². The number of H-pyrrole nitrogens is 1. The summed E-state index contributed by atoms with van der Waals surface area (Å²) in [5.41, 5.74) is 0.102. The molecule has 2 atom stereocenters. The van der Waals surface area contributed by atoms with Crippen molar-refractivity contribution in [3.8, 4) is 0 Å². The molecule has 120 valence electrons. The van der Waals surface area contributed by atoms with Crippen molar-refractivity contribution in [2.45, 2.75) is 38.8 Å². The van der Waals surface area contributed by atoms with Crippen LogP contribution < -0.4 is 16.2 Å². The van der Waals surface area contributed by atoms with Gasteiger partial charge in [-0.3, -0.25) is 9.59 Å². The van der Waals surface area contributed by atoms with Crippen LogP contribution in [0.25, 0.3) is 11.1 Å². The maximum atomic E-state index is 12.5. The number of furan rings is 1. The minimum atomic E-state index is -0.364. The Morgan fingerprint density at radius 2 is 2.27 bits per heavy atom. The van der Waals surface area contributed by atoms with Crippen LogP contribution in [0, 0.1) is 6.92 Å². The number of halogens is 1. The highest BCUT2D eigenvalue weighted by Crippen LogP contribution is 2.21. The number of piperidine rings is 1. The molecule has 1 aliphatic heterocycles. The lowest BCUT2D eigenvalue weighted by atomic mass is 9.99. The van der Waals surface area contributed by atoms with E-state index in [0.29, 0.717) is 5.76 Å². The Balaban J connectivity index is 0.00000176. The van der Waals surface area contributed by atoms with E-state index >= 15 is 0 Å². The maximum Gasteiger partial charge on any atom is 0.262 e. The molecule has 2 aromatic heterocycles. The fourth-order valence-electron chi connectivity index (χ4n) is 2.81. The molecule has 3 rings (SSSR count). The van der Waals surface area contributed by atoms with Crippen LogP contribution in [-0.4, -0.2) is 34.5 Å². The van der Waals surface area contributed by atoms with Crippen molar-refractivity contribution >= 4 is 29.4 Å². The Kier molecular flexibility index (Phi) is 4.87. The summed E-state index contributed by atoms with van der Waals surface area (Å²) in [4.78, 5) is 30.9. The van der Waals surface area contributed by atoms with Gasteiger partial charge in [0.25, 0.3) is 11.5 Å². The summed E-state index contributed by atoms with van der Waals surface area (Å²) in [6.45, 7) is 4.67. The first-order valence-corrected chi connectivity index (χ1v) is 7.09. The van der Waals surface area contributed by atoms with Gasteiger partial charge in [0.1, 0.15) is 11.1 Å². The molecule has 7 nitrogen and oxygen atoms in total. The molecular weight excluding hydrogens is 308 g/mol.